The summed E-state index contributed by atoms with van der Waals surface area (Å²) in [6.45, 7) is 3.46. The van der Waals surface area contributed by atoms with Gasteiger partial charge in [0, 0.05) is 0 Å². The Morgan fingerprint density at radius 3 is 1.25 bits per heavy atom. The van der Waals surface area contributed by atoms with Gasteiger partial charge in [0.05, 0.1) is 25.4 Å². The topological polar surface area (TPSA) is 189 Å². The molecule has 1 aliphatic heterocycles. The number of aliphatic hydroxyl groups is 7. The first-order valence-electron chi connectivity index (χ1n) is 29.6. The molecule has 11 heteroatoms. The minimum absolute atomic E-state index is 0.258. The molecule has 1 fully saturated rings. The third kappa shape index (κ3) is 36.4. The van der Waals surface area contributed by atoms with E-state index in [-0.39, 0.29) is 12.8 Å². The Hall–Kier alpha value is -1.15. The average Bonchev–Trinajstić information content (AvgIpc) is 3.35. The monoisotopic (exact) mass is 984 g/mol. The third-order valence-corrected chi connectivity index (χ3v) is 14.6. The van der Waals surface area contributed by atoms with Gasteiger partial charge in [-0.05, 0) is 38.5 Å². The maximum absolute atomic E-state index is 13.1. The number of nitrogens with one attached hydrogen (secondary N) is 1. The van der Waals surface area contributed by atoms with Crippen LogP contribution in [0.25, 0.3) is 0 Å². The smallest absolute Gasteiger partial charge is 0.249 e. The van der Waals surface area contributed by atoms with E-state index in [1.807, 2.05) is 0 Å². The number of hydrogen-bond donors (Lipinski definition) is 8. The zero-order valence-corrected chi connectivity index (χ0v) is 44.8. The SMILES string of the molecule is CCCCCCCCCCCCCCCCCCCCCCCCCCC/C=C/CCCC(O)C(O)C(COC1OC(CO)C(O)C(O)C1O)NC(=O)C(O)CCCCCCCCCCCCCC. The summed E-state index contributed by atoms with van der Waals surface area (Å²) < 4.78 is 11.1. The van der Waals surface area contributed by atoms with Crippen molar-refractivity contribution in [2.24, 2.45) is 0 Å². The molecule has 410 valence electrons. The predicted molar refractivity (Wildman–Crippen MR) is 284 cm³/mol. The van der Waals surface area contributed by atoms with Gasteiger partial charge < -0.3 is 50.5 Å². The lowest BCUT2D eigenvalue weighted by atomic mass is 9.98. The van der Waals surface area contributed by atoms with Gasteiger partial charge in [0.15, 0.2) is 6.29 Å². The largest absolute Gasteiger partial charge is 0.394 e. The van der Waals surface area contributed by atoms with Crippen LogP contribution in [0.2, 0.25) is 0 Å². The van der Waals surface area contributed by atoms with E-state index in [0.717, 1.165) is 38.5 Å². The first-order valence-corrected chi connectivity index (χ1v) is 29.6. The molecular formula is C58H113NO10. The average molecular weight is 985 g/mol. The number of aliphatic hydroxyl groups excluding tert-OH is 7. The molecule has 0 aromatic heterocycles. The highest BCUT2D eigenvalue weighted by atomic mass is 16.7. The molecule has 0 aromatic rings. The van der Waals surface area contributed by atoms with Crippen LogP contribution >= 0.6 is 0 Å². The van der Waals surface area contributed by atoms with Gasteiger partial charge in [-0.3, -0.25) is 4.79 Å². The molecule has 0 bridgehead atoms. The Morgan fingerprint density at radius 2 is 0.855 bits per heavy atom. The van der Waals surface area contributed by atoms with Gasteiger partial charge in [0.2, 0.25) is 5.91 Å². The lowest BCUT2D eigenvalue weighted by molar-refractivity contribution is -0.303. The molecule has 1 amide bonds. The number of carbonyl (C=O) groups excluding carboxylic acids is 1. The summed E-state index contributed by atoms with van der Waals surface area (Å²) in [5.41, 5.74) is 0. The summed E-state index contributed by atoms with van der Waals surface area (Å²) in [5, 5.41) is 76.0. The Bertz CT molecular complexity index is 1130. The van der Waals surface area contributed by atoms with Crippen LogP contribution in [0.15, 0.2) is 12.2 Å². The van der Waals surface area contributed by atoms with Crippen LogP contribution in [0, 0.1) is 0 Å². The van der Waals surface area contributed by atoms with Gasteiger partial charge in [-0.25, -0.2) is 0 Å². The summed E-state index contributed by atoms with van der Waals surface area (Å²) in [7, 11) is 0. The number of hydrogen-bond acceptors (Lipinski definition) is 10. The Labute approximate surface area is 423 Å². The molecule has 9 unspecified atom stereocenters. The van der Waals surface area contributed by atoms with Crippen LogP contribution in [0.4, 0.5) is 0 Å². The van der Waals surface area contributed by atoms with Crippen LogP contribution in [0.5, 0.6) is 0 Å². The zero-order chi connectivity index (χ0) is 50.4. The summed E-state index contributed by atoms with van der Waals surface area (Å²) in [4.78, 5) is 13.1. The van der Waals surface area contributed by atoms with Crippen LogP contribution < -0.4 is 5.32 Å². The third-order valence-electron chi connectivity index (χ3n) is 14.6. The van der Waals surface area contributed by atoms with Gasteiger partial charge in [0.1, 0.15) is 36.6 Å². The maximum atomic E-state index is 13.1. The molecule has 11 nitrogen and oxygen atoms in total. The number of allylic oxidation sites excluding steroid dienone is 2. The first kappa shape index (κ1) is 65.9. The minimum Gasteiger partial charge on any atom is -0.394 e. The van der Waals surface area contributed by atoms with E-state index in [9.17, 15) is 40.5 Å². The van der Waals surface area contributed by atoms with Crippen molar-refractivity contribution < 1.29 is 50.0 Å². The molecule has 9 atom stereocenters. The predicted octanol–water partition coefficient (Wildman–Crippen LogP) is 12.4. The van der Waals surface area contributed by atoms with E-state index in [2.05, 4.69) is 31.3 Å². The molecule has 0 aromatic carbocycles. The molecule has 8 N–H and O–H groups in total. The highest BCUT2D eigenvalue weighted by Gasteiger charge is 2.44. The second-order valence-corrected chi connectivity index (χ2v) is 21.1. The molecule has 1 saturated heterocycles. The van der Waals surface area contributed by atoms with Gasteiger partial charge in [-0.15, -0.1) is 0 Å². The normalized spacial score (nSPS) is 20.4. The van der Waals surface area contributed by atoms with Gasteiger partial charge in [-0.1, -0.05) is 257 Å². The van der Waals surface area contributed by atoms with Crippen molar-refractivity contribution in [2.45, 2.75) is 339 Å². The second kappa shape index (κ2) is 47.8. The highest BCUT2D eigenvalue weighted by Crippen LogP contribution is 2.23. The fourth-order valence-corrected chi connectivity index (χ4v) is 9.74. The maximum Gasteiger partial charge on any atom is 0.249 e. The molecule has 1 rings (SSSR count). The molecule has 0 radical (unpaired) electrons. The van der Waals surface area contributed by atoms with Crippen LogP contribution in [-0.2, 0) is 14.3 Å². The number of ether oxygens (including phenoxy) is 2. The van der Waals surface area contributed by atoms with E-state index in [1.165, 1.54) is 205 Å². The zero-order valence-electron chi connectivity index (χ0n) is 44.8. The molecule has 1 heterocycles. The lowest BCUT2D eigenvalue weighted by Crippen LogP contribution is -2.60. The van der Waals surface area contributed by atoms with E-state index in [1.54, 1.807) is 0 Å². The standard InChI is InChI=1S/C58H113NO10/c1-3-5-7-9-11-13-15-17-18-19-20-21-22-23-24-25-26-27-28-29-30-31-32-33-34-36-37-39-41-43-45-50(61)53(63)49(48-68-58-56(66)55(65)54(64)52(47-60)69-58)59-57(67)51(62)46-44-42-40-38-35-16-14-12-10-8-6-4-2/h37,39,49-56,58,60-66H,3-36,38,40-48H2,1-2H3,(H,59,67)/b39-37+. The van der Waals surface area contributed by atoms with Crippen LogP contribution in [0.1, 0.15) is 284 Å². The molecular weight excluding hydrogens is 871 g/mol. The van der Waals surface area contributed by atoms with E-state index in [0.29, 0.717) is 12.8 Å². The Morgan fingerprint density at radius 1 is 0.493 bits per heavy atom. The van der Waals surface area contributed by atoms with E-state index in [4.69, 9.17) is 9.47 Å². The number of carbonyl (C=O) groups is 1. The van der Waals surface area contributed by atoms with Crippen molar-refractivity contribution in [2.75, 3.05) is 13.2 Å². The van der Waals surface area contributed by atoms with Crippen molar-refractivity contribution in [1.29, 1.82) is 0 Å². The van der Waals surface area contributed by atoms with Gasteiger partial charge in [-0.2, -0.15) is 0 Å². The van der Waals surface area contributed by atoms with Crippen LogP contribution in [0.3, 0.4) is 0 Å². The summed E-state index contributed by atoms with van der Waals surface area (Å²) >= 11 is 0. The summed E-state index contributed by atoms with van der Waals surface area (Å²) in [6, 6.07) is -1.18. The van der Waals surface area contributed by atoms with Crippen molar-refractivity contribution in [3.63, 3.8) is 0 Å². The van der Waals surface area contributed by atoms with Crippen molar-refractivity contribution in [3.05, 3.63) is 12.2 Å². The fraction of sp³-hybridized carbons (Fsp3) is 0.948. The number of unbranched alkanes of at least 4 members (excludes halogenated alkanes) is 37. The number of amides is 1. The van der Waals surface area contributed by atoms with Crippen molar-refractivity contribution in [1.82, 2.24) is 5.32 Å². The number of rotatable bonds is 51. The summed E-state index contributed by atoms with van der Waals surface area (Å²) in [5.74, 6) is -0.703. The van der Waals surface area contributed by atoms with Crippen molar-refractivity contribution >= 4 is 5.91 Å². The Kier molecular flexibility index (Phi) is 45.7. The first-order chi connectivity index (χ1) is 33.7. The second-order valence-electron chi connectivity index (χ2n) is 21.1. The minimum atomic E-state index is -1.66. The highest BCUT2D eigenvalue weighted by molar-refractivity contribution is 5.80. The van der Waals surface area contributed by atoms with Crippen molar-refractivity contribution in [3.8, 4) is 0 Å². The lowest BCUT2D eigenvalue weighted by Gasteiger charge is -2.40. The van der Waals surface area contributed by atoms with Gasteiger partial charge in [0.25, 0.3) is 0 Å². The Balaban J connectivity index is 2.23. The van der Waals surface area contributed by atoms with E-state index < -0.39 is 74.2 Å². The molecule has 0 spiro atoms. The molecule has 1 aliphatic rings. The quantitative estimate of drug-likeness (QED) is 0.0215. The van der Waals surface area contributed by atoms with E-state index >= 15 is 0 Å². The molecule has 0 aliphatic carbocycles. The van der Waals surface area contributed by atoms with Crippen LogP contribution in [-0.4, -0.2) is 110 Å². The summed E-state index contributed by atoms with van der Waals surface area (Å²) in [6.07, 6.45) is 44.4. The molecule has 69 heavy (non-hydrogen) atoms. The molecule has 0 saturated carbocycles. The fourth-order valence-electron chi connectivity index (χ4n) is 9.74. The van der Waals surface area contributed by atoms with Gasteiger partial charge >= 0.3 is 0 Å².